The molecule has 16 heavy (non-hydrogen) atoms. The molecule has 0 aliphatic rings. The average Bonchev–Trinajstić information content (AvgIpc) is 2.68. The molecule has 0 bridgehead atoms. The molecule has 0 radical (unpaired) electrons. The largest absolute Gasteiger partial charge is 0.447 e. The summed E-state index contributed by atoms with van der Waals surface area (Å²) in [6.07, 6.45) is 1.92. The highest BCUT2D eigenvalue weighted by Crippen LogP contribution is 2.13. The van der Waals surface area contributed by atoms with Crippen LogP contribution in [0.3, 0.4) is 0 Å². The molecule has 0 fully saturated rings. The van der Waals surface area contributed by atoms with Gasteiger partial charge in [0.15, 0.2) is 0 Å². The van der Waals surface area contributed by atoms with Gasteiger partial charge < -0.3 is 9.73 Å². The van der Waals surface area contributed by atoms with Crippen LogP contribution >= 0.6 is 11.8 Å². The van der Waals surface area contributed by atoms with Crippen molar-refractivity contribution in [1.29, 1.82) is 0 Å². The number of nitrogens with one attached hydrogen (secondary N) is 2. The van der Waals surface area contributed by atoms with E-state index in [4.69, 9.17) is 4.42 Å². The fourth-order valence-electron chi connectivity index (χ4n) is 1.12. The normalized spacial score (nSPS) is 11.9. The second-order valence-electron chi connectivity index (χ2n) is 3.14. The second-order valence-corrected chi connectivity index (χ2v) is 5.83. The fourth-order valence-corrected chi connectivity index (χ4v) is 2.53. The molecule has 0 aromatic carbocycles. The number of thioether (sulfide) groups is 1. The van der Waals surface area contributed by atoms with Crippen molar-refractivity contribution in [2.24, 2.45) is 0 Å². The van der Waals surface area contributed by atoms with Crippen molar-refractivity contribution in [3.05, 3.63) is 17.9 Å². The third-order valence-corrected chi connectivity index (χ3v) is 3.80. The van der Waals surface area contributed by atoms with Crippen molar-refractivity contribution >= 4 is 21.8 Å². The first kappa shape index (κ1) is 13.6. The van der Waals surface area contributed by atoms with Crippen LogP contribution in [0.5, 0.6) is 0 Å². The summed E-state index contributed by atoms with van der Waals surface area (Å²) in [5.74, 6) is 1.34. The lowest BCUT2D eigenvalue weighted by Crippen LogP contribution is -2.25. The summed E-state index contributed by atoms with van der Waals surface area (Å²) >= 11 is 1.58. The van der Waals surface area contributed by atoms with E-state index in [0.29, 0.717) is 18.8 Å². The lowest BCUT2D eigenvalue weighted by Gasteiger charge is -2.02. The quantitative estimate of drug-likeness (QED) is 0.707. The highest BCUT2D eigenvalue weighted by atomic mass is 32.2. The van der Waals surface area contributed by atoms with Crippen LogP contribution in [-0.2, 0) is 16.6 Å². The lowest BCUT2D eigenvalue weighted by atomic mass is 10.4. The number of furan rings is 1. The van der Waals surface area contributed by atoms with Crippen LogP contribution in [0.4, 0.5) is 0 Å². The van der Waals surface area contributed by atoms with Crippen molar-refractivity contribution in [2.75, 3.05) is 25.6 Å². The zero-order chi connectivity index (χ0) is 12.0. The molecule has 1 aromatic rings. The molecule has 2 N–H and O–H groups in total. The number of hydrogen-bond acceptors (Lipinski definition) is 5. The molecule has 1 heterocycles. The molecule has 0 saturated heterocycles. The van der Waals surface area contributed by atoms with E-state index in [1.54, 1.807) is 24.9 Å². The molecule has 0 spiro atoms. The van der Waals surface area contributed by atoms with Gasteiger partial charge in [-0.25, -0.2) is 13.1 Å². The highest BCUT2D eigenvalue weighted by Gasteiger charge is 2.17. The van der Waals surface area contributed by atoms with Crippen LogP contribution in [0.25, 0.3) is 0 Å². The Bertz CT molecular complexity index is 414. The van der Waals surface area contributed by atoms with Gasteiger partial charge in [0.05, 0.1) is 6.54 Å². The Labute approximate surface area is 100 Å². The molecule has 0 amide bonds. The summed E-state index contributed by atoms with van der Waals surface area (Å²) in [6.45, 7) is 0.923. The smallest absolute Gasteiger partial charge is 0.273 e. The third kappa shape index (κ3) is 3.82. The Kier molecular flexibility index (Phi) is 5.33. The van der Waals surface area contributed by atoms with Gasteiger partial charge in [-0.05, 0) is 25.4 Å². The first-order valence-corrected chi connectivity index (χ1v) is 7.70. The van der Waals surface area contributed by atoms with Crippen LogP contribution in [0.1, 0.15) is 5.76 Å². The molecule has 0 saturated carbocycles. The highest BCUT2D eigenvalue weighted by molar-refractivity contribution is 7.98. The predicted molar refractivity (Wildman–Crippen MR) is 65.0 cm³/mol. The van der Waals surface area contributed by atoms with Crippen molar-refractivity contribution in [3.63, 3.8) is 0 Å². The van der Waals surface area contributed by atoms with Gasteiger partial charge >= 0.3 is 0 Å². The van der Waals surface area contributed by atoms with E-state index in [-0.39, 0.29) is 5.09 Å². The molecule has 1 rings (SSSR count). The summed E-state index contributed by atoms with van der Waals surface area (Å²) in [6, 6.07) is 3.12. The summed E-state index contributed by atoms with van der Waals surface area (Å²) < 4.78 is 31.0. The molecule has 92 valence electrons. The number of hydrogen-bond donors (Lipinski definition) is 2. The van der Waals surface area contributed by atoms with Crippen molar-refractivity contribution in [1.82, 2.24) is 10.0 Å². The van der Waals surface area contributed by atoms with Gasteiger partial charge in [-0.3, -0.25) is 0 Å². The van der Waals surface area contributed by atoms with Gasteiger partial charge in [-0.1, -0.05) is 0 Å². The van der Waals surface area contributed by atoms with E-state index in [0.717, 1.165) is 5.75 Å². The van der Waals surface area contributed by atoms with Gasteiger partial charge in [-0.15, -0.1) is 0 Å². The van der Waals surface area contributed by atoms with Crippen LogP contribution in [0.15, 0.2) is 21.6 Å². The van der Waals surface area contributed by atoms with E-state index in [2.05, 4.69) is 10.0 Å². The second kappa shape index (κ2) is 6.29. The maximum absolute atomic E-state index is 11.7. The van der Waals surface area contributed by atoms with E-state index in [1.807, 2.05) is 6.26 Å². The van der Waals surface area contributed by atoms with Gasteiger partial charge in [-0.2, -0.15) is 11.8 Å². The summed E-state index contributed by atoms with van der Waals surface area (Å²) in [4.78, 5) is 0. The van der Waals surface area contributed by atoms with Gasteiger partial charge in [0, 0.05) is 12.3 Å². The topological polar surface area (TPSA) is 71.3 Å². The summed E-state index contributed by atoms with van der Waals surface area (Å²) in [5.41, 5.74) is 0. The SMILES string of the molecule is CNCc1ccc(S(=O)(=O)NCCSC)o1. The van der Waals surface area contributed by atoms with Crippen LogP contribution in [-0.4, -0.2) is 34.0 Å². The minimum absolute atomic E-state index is 0.0288. The number of rotatable bonds is 7. The molecule has 7 heteroatoms. The summed E-state index contributed by atoms with van der Waals surface area (Å²) in [7, 11) is -1.72. The van der Waals surface area contributed by atoms with Crippen molar-refractivity contribution in [2.45, 2.75) is 11.6 Å². The molecule has 0 aliphatic heterocycles. The third-order valence-electron chi connectivity index (χ3n) is 1.85. The Morgan fingerprint density at radius 1 is 1.44 bits per heavy atom. The first-order chi connectivity index (χ1) is 7.60. The standard InChI is InChI=1S/C9H16N2O3S2/c1-10-7-8-3-4-9(14-8)16(12,13)11-5-6-15-2/h3-4,10-11H,5-7H2,1-2H3. The maximum Gasteiger partial charge on any atom is 0.273 e. The maximum atomic E-state index is 11.7. The van der Waals surface area contributed by atoms with Gasteiger partial charge in [0.1, 0.15) is 5.76 Å². The molecular formula is C9H16N2O3S2. The van der Waals surface area contributed by atoms with Gasteiger partial charge in [0.25, 0.3) is 10.0 Å². The number of sulfonamides is 1. The minimum atomic E-state index is -3.49. The lowest BCUT2D eigenvalue weighted by molar-refractivity contribution is 0.405. The average molecular weight is 264 g/mol. The zero-order valence-corrected chi connectivity index (χ0v) is 11.0. The Morgan fingerprint density at radius 2 is 2.19 bits per heavy atom. The zero-order valence-electron chi connectivity index (χ0n) is 9.32. The summed E-state index contributed by atoms with van der Waals surface area (Å²) in [5, 5.41) is 2.86. The monoisotopic (exact) mass is 264 g/mol. The van der Waals surface area contributed by atoms with E-state index in [1.165, 1.54) is 6.07 Å². The van der Waals surface area contributed by atoms with Gasteiger partial charge in [0.2, 0.25) is 5.09 Å². The molecule has 0 unspecified atom stereocenters. The van der Waals surface area contributed by atoms with Crippen molar-refractivity contribution in [3.8, 4) is 0 Å². The molecular weight excluding hydrogens is 248 g/mol. The van der Waals surface area contributed by atoms with E-state index >= 15 is 0 Å². The predicted octanol–water partition coefficient (Wildman–Crippen LogP) is 0.640. The van der Waals surface area contributed by atoms with E-state index < -0.39 is 10.0 Å². The Hall–Kier alpha value is -0.500. The Balaban J connectivity index is 2.66. The Morgan fingerprint density at radius 3 is 2.81 bits per heavy atom. The van der Waals surface area contributed by atoms with Crippen LogP contribution < -0.4 is 10.0 Å². The molecule has 1 aromatic heterocycles. The minimum Gasteiger partial charge on any atom is -0.447 e. The molecule has 0 atom stereocenters. The molecule has 0 aliphatic carbocycles. The van der Waals surface area contributed by atoms with Crippen LogP contribution in [0.2, 0.25) is 0 Å². The van der Waals surface area contributed by atoms with Crippen molar-refractivity contribution < 1.29 is 12.8 Å². The first-order valence-electron chi connectivity index (χ1n) is 4.82. The molecule has 5 nitrogen and oxygen atoms in total. The van der Waals surface area contributed by atoms with E-state index in [9.17, 15) is 8.42 Å². The van der Waals surface area contributed by atoms with Crippen LogP contribution in [0, 0.1) is 0 Å². The fraction of sp³-hybridized carbons (Fsp3) is 0.556.